The fourth-order valence-corrected chi connectivity index (χ4v) is 3.34. The summed E-state index contributed by atoms with van der Waals surface area (Å²) in [6.07, 6.45) is 4.03. The van der Waals surface area contributed by atoms with Crippen LogP contribution in [0, 0.1) is 0 Å². The van der Waals surface area contributed by atoms with Gasteiger partial charge in [0.05, 0.1) is 18.3 Å². The van der Waals surface area contributed by atoms with E-state index in [2.05, 4.69) is 20.9 Å². The maximum Gasteiger partial charge on any atom is 0.273 e. The Labute approximate surface area is 142 Å². The van der Waals surface area contributed by atoms with Crippen LogP contribution < -0.4 is 10.6 Å². The lowest BCUT2D eigenvalue weighted by Gasteiger charge is -2.32. The van der Waals surface area contributed by atoms with Crippen LogP contribution in [-0.4, -0.2) is 62.9 Å². The fourth-order valence-electron chi connectivity index (χ4n) is 3.34. The number of hydrogen-bond acceptors (Lipinski definition) is 5. The molecule has 24 heavy (non-hydrogen) atoms. The predicted molar refractivity (Wildman–Crippen MR) is 88.5 cm³/mol. The average Bonchev–Trinajstić information content (AvgIpc) is 3.14. The summed E-state index contributed by atoms with van der Waals surface area (Å²) >= 11 is 0. The molecule has 132 valence electrons. The minimum atomic E-state index is -0.260. The van der Waals surface area contributed by atoms with E-state index in [1.165, 1.54) is 0 Å². The first-order valence-electron chi connectivity index (χ1n) is 8.58. The zero-order chi connectivity index (χ0) is 17.3. The molecule has 0 radical (unpaired) electrons. The first kappa shape index (κ1) is 16.9. The molecule has 0 bridgehead atoms. The third-order valence-electron chi connectivity index (χ3n) is 4.70. The zero-order valence-corrected chi connectivity index (χ0v) is 14.6. The monoisotopic (exact) mass is 334 g/mol. The van der Waals surface area contributed by atoms with E-state index < -0.39 is 0 Å². The maximum absolute atomic E-state index is 12.4. The second-order valence-corrected chi connectivity index (χ2v) is 7.61. The summed E-state index contributed by atoms with van der Waals surface area (Å²) in [7, 11) is 0. The minimum Gasteiger partial charge on any atom is -0.346 e. The van der Waals surface area contributed by atoms with Crippen molar-refractivity contribution in [3.8, 4) is 0 Å². The number of aromatic nitrogens is 3. The van der Waals surface area contributed by atoms with Crippen molar-refractivity contribution >= 4 is 11.8 Å². The quantitative estimate of drug-likeness (QED) is 0.831. The van der Waals surface area contributed by atoms with E-state index in [4.69, 9.17) is 0 Å². The van der Waals surface area contributed by atoms with Gasteiger partial charge in [-0.2, -0.15) is 0 Å². The molecule has 2 aliphatic rings. The zero-order valence-electron chi connectivity index (χ0n) is 14.6. The Bertz CT molecular complexity index is 614. The highest BCUT2D eigenvalue weighted by atomic mass is 16.2. The molecular weight excluding hydrogens is 308 g/mol. The molecule has 2 amide bonds. The Kier molecular flexibility index (Phi) is 4.58. The molecule has 0 saturated carbocycles. The second kappa shape index (κ2) is 6.51. The lowest BCUT2D eigenvalue weighted by molar-refractivity contribution is -0.131. The normalized spacial score (nSPS) is 22.9. The summed E-state index contributed by atoms with van der Waals surface area (Å²) in [4.78, 5) is 26.3. The first-order valence-corrected chi connectivity index (χ1v) is 8.58. The molecule has 0 aromatic carbocycles. The van der Waals surface area contributed by atoms with Gasteiger partial charge < -0.3 is 15.5 Å². The Morgan fingerprint density at radius 3 is 2.67 bits per heavy atom. The van der Waals surface area contributed by atoms with Crippen molar-refractivity contribution < 1.29 is 9.59 Å². The number of hydrogen-bond donors (Lipinski definition) is 2. The van der Waals surface area contributed by atoms with Crippen LogP contribution in [0.3, 0.4) is 0 Å². The third-order valence-corrected chi connectivity index (χ3v) is 4.70. The van der Waals surface area contributed by atoms with Gasteiger partial charge >= 0.3 is 0 Å². The second-order valence-electron chi connectivity index (χ2n) is 7.61. The summed E-state index contributed by atoms with van der Waals surface area (Å²) in [5, 5.41) is 14.3. The topological polar surface area (TPSA) is 92.2 Å². The van der Waals surface area contributed by atoms with E-state index >= 15 is 0 Å². The van der Waals surface area contributed by atoms with E-state index in [9.17, 15) is 9.59 Å². The molecule has 2 saturated heterocycles. The number of amides is 2. The third kappa shape index (κ3) is 3.58. The molecule has 8 heteroatoms. The van der Waals surface area contributed by atoms with Crippen molar-refractivity contribution in [3.63, 3.8) is 0 Å². The molecule has 3 heterocycles. The summed E-state index contributed by atoms with van der Waals surface area (Å²) in [6, 6.07) is 0.123. The average molecular weight is 334 g/mol. The van der Waals surface area contributed by atoms with Gasteiger partial charge in [-0.3, -0.25) is 9.59 Å². The van der Waals surface area contributed by atoms with Crippen molar-refractivity contribution in [1.82, 2.24) is 30.5 Å². The summed E-state index contributed by atoms with van der Waals surface area (Å²) in [6.45, 7) is 8.45. The van der Waals surface area contributed by atoms with Crippen molar-refractivity contribution in [2.24, 2.45) is 0 Å². The van der Waals surface area contributed by atoms with Gasteiger partial charge in [0.2, 0.25) is 5.91 Å². The Morgan fingerprint density at radius 1 is 1.33 bits per heavy atom. The molecule has 1 aromatic heterocycles. The SMILES string of the molecule is CC(C)(C)N1CC(NC(=O)c2cn(C3CCNCC3)nn2)CC1=O. The summed E-state index contributed by atoms with van der Waals surface area (Å²) < 4.78 is 1.79. The van der Waals surface area contributed by atoms with Crippen LogP contribution >= 0.6 is 0 Å². The van der Waals surface area contributed by atoms with E-state index in [0.29, 0.717) is 24.7 Å². The van der Waals surface area contributed by atoms with E-state index in [0.717, 1.165) is 25.9 Å². The molecule has 3 rings (SSSR count). The highest BCUT2D eigenvalue weighted by Gasteiger charge is 2.37. The Morgan fingerprint density at radius 2 is 2.04 bits per heavy atom. The molecule has 0 spiro atoms. The molecule has 1 aromatic rings. The Balaban J connectivity index is 1.60. The number of nitrogens with zero attached hydrogens (tertiary/aromatic N) is 4. The number of carbonyl (C=O) groups excluding carboxylic acids is 2. The van der Waals surface area contributed by atoms with Crippen LogP contribution in [-0.2, 0) is 4.79 Å². The molecule has 1 unspecified atom stereocenters. The van der Waals surface area contributed by atoms with Gasteiger partial charge in [0.15, 0.2) is 5.69 Å². The predicted octanol–water partition coefficient (Wildman–Crippen LogP) is 0.332. The summed E-state index contributed by atoms with van der Waals surface area (Å²) in [5.41, 5.74) is 0.0875. The van der Waals surface area contributed by atoms with Gasteiger partial charge in [-0.1, -0.05) is 5.21 Å². The van der Waals surface area contributed by atoms with Crippen LogP contribution in [0.2, 0.25) is 0 Å². The van der Waals surface area contributed by atoms with Crippen molar-refractivity contribution in [3.05, 3.63) is 11.9 Å². The van der Waals surface area contributed by atoms with Gasteiger partial charge in [0.1, 0.15) is 0 Å². The maximum atomic E-state index is 12.4. The number of nitrogens with one attached hydrogen (secondary N) is 2. The molecule has 0 aliphatic carbocycles. The van der Waals surface area contributed by atoms with Crippen LogP contribution in [0.15, 0.2) is 6.20 Å². The lowest BCUT2D eigenvalue weighted by Crippen LogP contribution is -2.44. The van der Waals surface area contributed by atoms with Gasteiger partial charge in [-0.15, -0.1) is 5.10 Å². The molecule has 2 fully saturated rings. The number of rotatable bonds is 3. The van der Waals surface area contributed by atoms with Crippen LogP contribution in [0.4, 0.5) is 0 Å². The van der Waals surface area contributed by atoms with Crippen LogP contribution in [0.25, 0.3) is 0 Å². The Hall–Kier alpha value is -1.96. The standard InChI is InChI=1S/C16H26N6O2/c1-16(2,3)21-9-11(8-14(21)23)18-15(24)13-10-22(20-19-13)12-4-6-17-7-5-12/h10-12,17H,4-9H2,1-3H3,(H,18,24). The van der Waals surface area contributed by atoms with E-state index in [1.807, 2.05) is 25.7 Å². The highest BCUT2D eigenvalue weighted by Crippen LogP contribution is 2.22. The first-order chi connectivity index (χ1) is 11.3. The molecule has 1 atom stereocenters. The molecule has 2 aliphatic heterocycles. The molecule has 2 N–H and O–H groups in total. The van der Waals surface area contributed by atoms with Crippen LogP contribution in [0.5, 0.6) is 0 Å². The van der Waals surface area contributed by atoms with Crippen molar-refractivity contribution in [2.75, 3.05) is 19.6 Å². The number of carbonyl (C=O) groups is 2. The molecular formula is C16H26N6O2. The highest BCUT2D eigenvalue weighted by molar-refractivity contribution is 5.93. The van der Waals surface area contributed by atoms with Crippen LogP contribution in [0.1, 0.15) is 56.6 Å². The van der Waals surface area contributed by atoms with Gasteiger partial charge in [0, 0.05) is 18.5 Å². The number of likely N-dealkylation sites (tertiary alicyclic amines) is 1. The lowest BCUT2D eigenvalue weighted by atomic mass is 10.1. The summed E-state index contributed by atoms with van der Waals surface area (Å²) in [5.74, 6) is -0.185. The smallest absolute Gasteiger partial charge is 0.273 e. The van der Waals surface area contributed by atoms with Gasteiger partial charge in [-0.25, -0.2) is 4.68 Å². The van der Waals surface area contributed by atoms with Crippen molar-refractivity contribution in [2.45, 2.75) is 57.7 Å². The van der Waals surface area contributed by atoms with E-state index in [-0.39, 0.29) is 23.4 Å². The molecule has 8 nitrogen and oxygen atoms in total. The fraction of sp³-hybridized carbons (Fsp3) is 0.750. The number of piperidine rings is 1. The minimum absolute atomic E-state index is 0.0751. The largest absolute Gasteiger partial charge is 0.346 e. The van der Waals surface area contributed by atoms with Crippen molar-refractivity contribution in [1.29, 1.82) is 0 Å². The van der Waals surface area contributed by atoms with E-state index in [1.54, 1.807) is 10.9 Å². The van der Waals surface area contributed by atoms with Gasteiger partial charge in [0.25, 0.3) is 5.91 Å². The van der Waals surface area contributed by atoms with Gasteiger partial charge in [-0.05, 0) is 46.7 Å².